The molecule has 0 heterocycles. The smallest absolute Gasteiger partial charge is 0.0172 e. The second-order valence-electron chi connectivity index (χ2n) is 12.7. The van der Waals surface area contributed by atoms with Gasteiger partial charge in [-0.15, -0.1) is 0 Å². The maximum absolute atomic E-state index is 2.71. The van der Waals surface area contributed by atoms with E-state index in [1.165, 1.54) is 51.4 Å². The summed E-state index contributed by atoms with van der Waals surface area (Å²) in [6.07, 6.45) is 18.3. The fourth-order valence-electron chi connectivity index (χ4n) is 7.36. The van der Waals surface area contributed by atoms with Crippen molar-refractivity contribution in [1.82, 2.24) is 0 Å². The second kappa shape index (κ2) is 11.8. The van der Waals surface area contributed by atoms with Crippen LogP contribution in [0.2, 0.25) is 0 Å². The molecule has 2 saturated carbocycles. The molecule has 0 aromatic rings. The summed E-state index contributed by atoms with van der Waals surface area (Å²) >= 11 is 0. The topological polar surface area (TPSA) is 0 Å². The van der Waals surface area contributed by atoms with Crippen LogP contribution in [0.25, 0.3) is 0 Å². The van der Waals surface area contributed by atoms with Crippen LogP contribution in [-0.2, 0) is 0 Å². The molecule has 0 spiro atoms. The molecule has 1 unspecified atom stereocenters. The molecule has 0 aromatic heterocycles. The molecule has 2 heteroatoms. The van der Waals surface area contributed by atoms with Crippen LogP contribution in [0.5, 0.6) is 0 Å². The van der Waals surface area contributed by atoms with Crippen molar-refractivity contribution in [1.29, 1.82) is 0 Å². The first kappa shape index (κ1) is 27.1. The number of hydrogen-bond donors (Lipinski definition) is 0. The van der Waals surface area contributed by atoms with Crippen molar-refractivity contribution >= 4 is 15.8 Å². The van der Waals surface area contributed by atoms with Crippen LogP contribution in [0.1, 0.15) is 139 Å². The monoisotopic (exact) mass is 454 g/mol. The van der Waals surface area contributed by atoms with Gasteiger partial charge < -0.3 is 0 Å². The number of rotatable bonds is 8. The Morgan fingerprint density at radius 3 is 1.43 bits per heavy atom. The molecule has 3 atom stereocenters. The van der Waals surface area contributed by atoms with E-state index in [4.69, 9.17) is 0 Å². The van der Waals surface area contributed by atoms with Crippen LogP contribution < -0.4 is 0 Å². The maximum Gasteiger partial charge on any atom is -0.0172 e. The molecule has 2 aliphatic carbocycles. The van der Waals surface area contributed by atoms with Gasteiger partial charge in [0.25, 0.3) is 0 Å². The Hall–Kier alpha value is 0.860. The fraction of sp³-hybridized carbons (Fsp3) is 1.00. The zero-order chi connectivity index (χ0) is 22.5. The summed E-state index contributed by atoms with van der Waals surface area (Å²) in [4.78, 5) is 0. The summed E-state index contributed by atoms with van der Waals surface area (Å²) in [5, 5.41) is 0.882. The SMILES string of the molecule is CCCC([C@H](C)[C@@H](C)P(C(C)(C)C)C(C)(C)C)P(C1CCCCC1)C1CCCCC1. The van der Waals surface area contributed by atoms with E-state index in [0.29, 0.717) is 10.3 Å². The van der Waals surface area contributed by atoms with E-state index in [9.17, 15) is 0 Å². The van der Waals surface area contributed by atoms with Crippen molar-refractivity contribution in [3.05, 3.63) is 0 Å². The zero-order valence-corrected chi connectivity index (χ0v) is 24.1. The molecule has 2 fully saturated rings. The highest BCUT2D eigenvalue weighted by atomic mass is 31.1. The van der Waals surface area contributed by atoms with Gasteiger partial charge in [0, 0.05) is 0 Å². The lowest BCUT2D eigenvalue weighted by molar-refractivity contribution is 0.451. The standard InChI is InChI=1S/C28H56P2/c1-10-17-26(22(2)23(3)30(27(4,5)6)28(7,8)9)29(24-18-13-11-14-19-24)25-20-15-12-16-21-25/h22-26H,10-21H2,1-9H3/t22-,23-,26?/m1/s1. The van der Waals surface area contributed by atoms with Gasteiger partial charge in [-0.3, -0.25) is 0 Å². The minimum Gasteiger partial charge on any atom is -0.0969 e. The fourth-order valence-corrected chi connectivity index (χ4v) is 17.6. The third kappa shape index (κ3) is 7.18. The minimum atomic E-state index is -0.0358. The lowest BCUT2D eigenvalue weighted by Gasteiger charge is -2.51. The summed E-state index contributed by atoms with van der Waals surface area (Å²) in [5.74, 6) is 0.893. The Morgan fingerprint density at radius 2 is 1.10 bits per heavy atom. The van der Waals surface area contributed by atoms with Crippen molar-refractivity contribution in [2.24, 2.45) is 5.92 Å². The first-order valence-electron chi connectivity index (χ1n) is 13.5. The van der Waals surface area contributed by atoms with E-state index in [0.717, 1.165) is 28.6 Å². The highest BCUT2D eigenvalue weighted by Gasteiger charge is 2.45. The summed E-state index contributed by atoms with van der Waals surface area (Å²) in [5.41, 5.74) is 4.08. The summed E-state index contributed by atoms with van der Waals surface area (Å²) in [6.45, 7) is 23.1. The predicted octanol–water partition coefficient (Wildman–Crippen LogP) is 10.4. The average molecular weight is 455 g/mol. The lowest BCUT2D eigenvalue weighted by atomic mass is 9.99. The molecular formula is C28H56P2. The van der Waals surface area contributed by atoms with Crippen molar-refractivity contribution < 1.29 is 0 Å². The number of hydrogen-bond acceptors (Lipinski definition) is 0. The Balaban J connectivity index is 2.35. The van der Waals surface area contributed by atoms with Gasteiger partial charge in [-0.25, -0.2) is 0 Å². The van der Waals surface area contributed by atoms with E-state index in [-0.39, 0.29) is 15.8 Å². The zero-order valence-electron chi connectivity index (χ0n) is 22.3. The summed E-state index contributed by atoms with van der Waals surface area (Å²) < 4.78 is 0. The van der Waals surface area contributed by atoms with E-state index < -0.39 is 0 Å². The van der Waals surface area contributed by atoms with E-state index in [1.807, 2.05) is 0 Å². The first-order valence-corrected chi connectivity index (χ1v) is 16.5. The Labute approximate surface area is 194 Å². The van der Waals surface area contributed by atoms with E-state index >= 15 is 0 Å². The molecule has 0 nitrogen and oxygen atoms in total. The molecule has 0 aromatic carbocycles. The van der Waals surface area contributed by atoms with Gasteiger partial charge >= 0.3 is 0 Å². The van der Waals surface area contributed by atoms with E-state index in [2.05, 4.69) is 62.3 Å². The van der Waals surface area contributed by atoms with Gasteiger partial charge in [0.1, 0.15) is 0 Å². The van der Waals surface area contributed by atoms with Crippen LogP contribution >= 0.6 is 15.8 Å². The van der Waals surface area contributed by atoms with E-state index in [1.54, 1.807) is 25.7 Å². The molecule has 2 rings (SSSR count). The van der Waals surface area contributed by atoms with Crippen LogP contribution in [0.15, 0.2) is 0 Å². The third-order valence-corrected chi connectivity index (χ3v) is 16.6. The van der Waals surface area contributed by atoms with Gasteiger partial charge in [0.2, 0.25) is 0 Å². The third-order valence-electron chi connectivity index (χ3n) is 8.18. The largest absolute Gasteiger partial charge is 0.0969 e. The first-order chi connectivity index (χ1) is 14.0. The molecule has 0 amide bonds. The molecule has 0 aliphatic heterocycles. The summed E-state index contributed by atoms with van der Waals surface area (Å²) in [6, 6.07) is 0. The molecule has 0 saturated heterocycles. The van der Waals surface area contributed by atoms with Gasteiger partial charge in [0.05, 0.1) is 0 Å². The van der Waals surface area contributed by atoms with Crippen molar-refractivity contribution in [2.45, 2.75) is 172 Å². The Bertz CT molecular complexity index is 442. The van der Waals surface area contributed by atoms with Gasteiger partial charge in [0.15, 0.2) is 0 Å². The summed E-state index contributed by atoms with van der Waals surface area (Å²) in [7, 11) is 0.140. The second-order valence-corrected chi connectivity index (χ2v) is 20.0. The molecule has 30 heavy (non-hydrogen) atoms. The lowest BCUT2D eigenvalue weighted by Crippen LogP contribution is -2.38. The van der Waals surface area contributed by atoms with Crippen molar-refractivity contribution in [2.75, 3.05) is 0 Å². The van der Waals surface area contributed by atoms with Gasteiger partial charge in [-0.1, -0.05) is 123 Å². The average Bonchev–Trinajstić information content (AvgIpc) is 2.66. The maximum atomic E-state index is 2.71. The highest BCUT2D eigenvalue weighted by Crippen LogP contribution is 2.68. The molecular weight excluding hydrogens is 398 g/mol. The predicted molar refractivity (Wildman–Crippen MR) is 144 cm³/mol. The van der Waals surface area contributed by atoms with Gasteiger partial charge in [-0.2, -0.15) is 0 Å². The molecule has 0 radical (unpaired) electrons. The Kier molecular flexibility index (Phi) is 10.7. The van der Waals surface area contributed by atoms with Crippen molar-refractivity contribution in [3.63, 3.8) is 0 Å². The van der Waals surface area contributed by atoms with Crippen molar-refractivity contribution in [3.8, 4) is 0 Å². The highest BCUT2D eigenvalue weighted by molar-refractivity contribution is 7.62. The molecule has 2 aliphatic rings. The van der Waals surface area contributed by atoms with Crippen LogP contribution in [-0.4, -0.2) is 32.9 Å². The van der Waals surface area contributed by atoms with Crippen LogP contribution in [0.3, 0.4) is 0 Å². The molecule has 178 valence electrons. The molecule has 0 bridgehead atoms. The van der Waals surface area contributed by atoms with Crippen LogP contribution in [0, 0.1) is 5.92 Å². The van der Waals surface area contributed by atoms with Gasteiger partial charge in [-0.05, 0) is 71.0 Å². The van der Waals surface area contributed by atoms with Crippen LogP contribution in [0.4, 0.5) is 0 Å². The quantitative estimate of drug-likeness (QED) is 0.320. The molecule has 0 N–H and O–H groups in total. The minimum absolute atomic E-state index is 0.0358. The Morgan fingerprint density at radius 1 is 0.700 bits per heavy atom. The normalized spacial score (nSPS) is 23.7.